The standard InChI is InChI=1S/C13H9.3C2H4O2.Ti/c1-3-7-12-10(5-1)9-11-6-2-4-8-13(11)12;3*1-2(3)4;/h1-5,7-8H,9H2;3*1H3,(H,3,4);/q;;;;+3/p-3. The van der Waals surface area contributed by atoms with Gasteiger partial charge in [-0.25, -0.2) is 0 Å². The van der Waals surface area contributed by atoms with Gasteiger partial charge in [0.05, 0.1) is 0 Å². The van der Waals surface area contributed by atoms with E-state index in [4.69, 9.17) is 9.96 Å². The normalized spacial score (nSPS) is 12.0. The molecule has 3 rings (SSSR count). The quantitative estimate of drug-likeness (QED) is 0.637. The van der Waals surface area contributed by atoms with E-state index in [1.807, 2.05) is 30.3 Å². The summed E-state index contributed by atoms with van der Waals surface area (Å²) in [5, 5.41) is 0. The van der Waals surface area contributed by atoms with E-state index in [1.54, 1.807) is 12.1 Å². The summed E-state index contributed by atoms with van der Waals surface area (Å²) >= 11 is -4.75. The average molecular weight is 390 g/mol. The van der Waals surface area contributed by atoms with Crippen molar-refractivity contribution in [3.8, 4) is 11.1 Å². The van der Waals surface area contributed by atoms with Gasteiger partial charge in [0, 0.05) is 0 Å². The Bertz CT molecular complexity index is 864. The maximum atomic E-state index is 11.8. The van der Waals surface area contributed by atoms with Gasteiger partial charge in [-0.3, -0.25) is 0 Å². The van der Waals surface area contributed by atoms with Crippen molar-refractivity contribution in [2.45, 2.75) is 27.2 Å². The fraction of sp³-hybridized carbons (Fsp3) is 0.211. The van der Waals surface area contributed by atoms with E-state index in [9.17, 15) is 14.4 Å². The predicted molar refractivity (Wildman–Crippen MR) is 89.6 cm³/mol. The van der Waals surface area contributed by atoms with Crippen LogP contribution in [-0.2, 0) is 48.5 Å². The van der Waals surface area contributed by atoms with Crippen molar-refractivity contribution in [1.82, 2.24) is 0 Å². The Morgan fingerprint density at radius 3 is 1.88 bits per heavy atom. The third kappa shape index (κ3) is 3.43. The third-order valence-corrected chi connectivity index (χ3v) is 8.38. The molecule has 0 spiro atoms. The molecule has 1 aliphatic rings. The second kappa shape index (κ2) is 7.06. The van der Waals surface area contributed by atoms with E-state index in [2.05, 4.69) is 0 Å². The molecule has 0 fully saturated rings. The fourth-order valence-corrected chi connectivity index (χ4v) is 7.12. The zero-order valence-electron chi connectivity index (χ0n) is 14.7. The number of hydrogen-bond donors (Lipinski definition) is 0. The Morgan fingerprint density at radius 1 is 0.769 bits per heavy atom. The van der Waals surface area contributed by atoms with E-state index in [0.29, 0.717) is 10.3 Å². The number of carbonyl (C=O) groups excluding carboxylic acids is 3. The summed E-state index contributed by atoms with van der Waals surface area (Å²) < 4.78 is 16.8. The van der Waals surface area contributed by atoms with Crippen molar-refractivity contribution in [1.29, 1.82) is 0 Å². The maximum absolute atomic E-state index is 11.8. The molecule has 134 valence electrons. The molecule has 1 aliphatic carbocycles. The Labute approximate surface area is 155 Å². The van der Waals surface area contributed by atoms with Gasteiger partial charge < -0.3 is 0 Å². The summed E-state index contributed by atoms with van der Waals surface area (Å²) in [6.45, 7) is 3.60. The number of fused-ring (bicyclic) bond motifs is 3. The topological polar surface area (TPSA) is 78.9 Å². The van der Waals surface area contributed by atoms with Gasteiger partial charge in [0.1, 0.15) is 0 Å². The number of rotatable bonds is 4. The van der Waals surface area contributed by atoms with Gasteiger partial charge in [-0.2, -0.15) is 0 Å². The first-order valence-electron chi connectivity index (χ1n) is 8.12. The zero-order chi connectivity index (χ0) is 18.9. The third-order valence-electron chi connectivity index (χ3n) is 4.01. The molecule has 0 heterocycles. The van der Waals surface area contributed by atoms with Gasteiger partial charge >= 0.3 is 156 Å². The molecule has 0 aromatic heterocycles. The van der Waals surface area contributed by atoms with Gasteiger partial charge in [-0.05, 0) is 0 Å². The number of carbonyl (C=O) groups is 3. The van der Waals surface area contributed by atoms with Crippen LogP contribution < -0.4 is 3.87 Å². The first-order chi connectivity index (χ1) is 12.3. The van der Waals surface area contributed by atoms with Gasteiger partial charge in [0.15, 0.2) is 0 Å². The van der Waals surface area contributed by atoms with Crippen LogP contribution in [0.15, 0.2) is 42.5 Å². The molecule has 0 N–H and O–H groups in total. The molecule has 0 aliphatic heterocycles. The summed E-state index contributed by atoms with van der Waals surface area (Å²) in [4.78, 5) is 35.3. The molecule has 2 aromatic carbocycles. The second-order valence-electron chi connectivity index (χ2n) is 6.00. The van der Waals surface area contributed by atoms with Crippen LogP contribution in [0.5, 0.6) is 0 Å². The van der Waals surface area contributed by atoms with Crippen molar-refractivity contribution in [3.05, 3.63) is 53.6 Å². The summed E-state index contributed by atoms with van der Waals surface area (Å²) in [5.41, 5.74) is 3.99. The van der Waals surface area contributed by atoms with E-state index in [-0.39, 0.29) is 0 Å². The first kappa shape index (κ1) is 18.4. The van der Waals surface area contributed by atoms with E-state index < -0.39 is 35.7 Å². The summed E-state index contributed by atoms with van der Waals surface area (Å²) in [5.74, 6) is -2.00. The molecule has 0 atom stereocenters. The molecular weight excluding hydrogens is 372 g/mol. The van der Waals surface area contributed by atoms with E-state index >= 15 is 0 Å². The van der Waals surface area contributed by atoms with Gasteiger partial charge in [-0.15, -0.1) is 0 Å². The van der Waals surface area contributed by atoms with Crippen molar-refractivity contribution >= 4 is 21.8 Å². The van der Waals surface area contributed by atoms with Crippen LogP contribution in [0.4, 0.5) is 0 Å². The summed E-state index contributed by atoms with van der Waals surface area (Å²) in [6.07, 6.45) is 0.582. The molecule has 2 aromatic rings. The van der Waals surface area contributed by atoms with E-state index in [0.717, 1.165) is 22.3 Å². The minimum absolute atomic E-state index is 0.499. The molecule has 0 saturated carbocycles. The molecule has 0 bridgehead atoms. The number of hydrogen-bond acceptors (Lipinski definition) is 6. The molecule has 0 amide bonds. The Hall–Kier alpha value is -2.44. The van der Waals surface area contributed by atoms with Crippen LogP contribution in [-0.4, -0.2) is 17.9 Å². The molecule has 0 saturated heterocycles. The van der Waals surface area contributed by atoms with Crippen LogP contribution in [0.2, 0.25) is 0 Å². The molecule has 6 nitrogen and oxygen atoms in total. The van der Waals surface area contributed by atoms with Crippen LogP contribution in [0.1, 0.15) is 31.9 Å². The Balaban J connectivity index is 2.21. The predicted octanol–water partition coefficient (Wildman–Crippen LogP) is 2.47. The summed E-state index contributed by atoms with van der Waals surface area (Å²) in [7, 11) is 0. The van der Waals surface area contributed by atoms with Crippen LogP contribution in [0.3, 0.4) is 0 Å². The first-order valence-corrected chi connectivity index (χ1v) is 10.8. The van der Waals surface area contributed by atoms with Crippen molar-refractivity contribution < 1.29 is 42.1 Å². The van der Waals surface area contributed by atoms with Crippen LogP contribution in [0.25, 0.3) is 11.1 Å². The average Bonchev–Trinajstić information content (AvgIpc) is 2.91. The molecular formula is C19H18O6Ti. The van der Waals surface area contributed by atoms with Crippen molar-refractivity contribution in [2.24, 2.45) is 0 Å². The monoisotopic (exact) mass is 390 g/mol. The van der Waals surface area contributed by atoms with Crippen LogP contribution >= 0.6 is 0 Å². The molecule has 0 unspecified atom stereocenters. The second-order valence-corrected chi connectivity index (χ2v) is 9.54. The Kier molecular flexibility index (Phi) is 4.98. The number of benzene rings is 2. The summed E-state index contributed by atoms with van der Waals surface area (Å²) in [6, 6.07) is 13.3. The molecule has 7 heteroatoms. The minimum atomic E-state index is -4.75. The van der Waals surface area contributed by atoms with Crippen molar-refractivity contribution in [2.75, 3.05) is 0 Å². The Morgan fingerprint density at radius 2 is 1.31 bits per heavy atom. The van der Waals surface area contributed by atoms with Crippen molar-refractivity contribution in [3.63, 3.8) is 0 Å². The SMILES string of the molecule is CC(=O)[O][Ti]([O]C(C)=O)([O]C(C)=O)[c]1cccc2c1Cc1ccccc1-2. The molecule has 26 heavy (non-hydrogen) atoms. The fourth-order valence-electron chi connectivity index (χ4n) is 3.24. The van der Waals surface area contributed by atoms with E-state index in [1.165, 1.54) is 20.8 Å². The zero-order valence-corrected chi connectivity index (χ0v) is 16.3. The van der Waals surface area contributed by atoms with Gasteiger partial charge in [0.25, 0.3) is 0 Å². The van der Waals surface area contributed by atoms with Crippen LogP contribution in [0, 0.1) is 0 Å². The van der Waals surface area contributed by atoms with Gasteiger partial charge in [0.2, 0.25) is 0 Å². The molecule has 0 radical (unpaired) electrons. The van der Waals surface area contributed by atoms with Gasteiger partial charge in [-0.1, -0.05) is 0 Å².